The van der Waals surface area contributed by atoms with Crippen LogP contribution < -0.4 is 5.32 Å². The van der Waals surface area contributed by atoms with Gasteiger partial charge in [0.1, 0.15) is 0 Å². The largest absolute Gasteiger partial charge is 0.313 e. The molecule has 0 heterocycles. The first-order valence-corrected chi connectivity index (χ1v) is 6.12. The molecule has 1 unspecified atom stereocenters. The summed E-state index contributed by atoms with van der Waals surface area (Å²) in [5, 5.41) is 4.01. The van der Waals surface area contributed by atoms with Crippen molar-refractivity contribution in [3.8, 4) is 11.1 Å². The summed E-state index contributed by atoms with van der Waals surface area (Å²) in [6.45, 7) is 2.10. The van der Waals surface area contributed by atoms with Gasteiger partial charge in [-0.25, -0.2) is 0 Å². The van der Waals surface area contributed by atoms with Crippen molar-refractivity contribution >= 4 is 11.6 Å². The highest BCUT2D eigenvalue weighted by Gasteiger charge is 2.08. The second-order valence-corrected chi connectivity index (χ2v) is 4.52. The van der Waals surface area contributed by atoms with Crippen LogP contribution in [0.1, 0.15) is 18.5 Å². The Kier molecular flexibility index (Phi) is 3.82. The highest BCUT2D eigenvalue weighted by Crippen LogP contribution is 2.28. The minimum absolute atomic E-state index is 0.271. The Morgan fingerprint density at radius 2 is 1.71 bits per heavy atom. The van der Waals surface area contributed by atoms with Crippen LogP contribution in [0.3, 0.4) is 0 Å². The van der Waals surface area contributed by atoms with E-state index in [4.69, 9.17) is 11.6 Å². The maximum Gasteiger partial charge on any atom is 0.0459 e. The second-order valence-electron chi connectivity index (χ2n) is 4.11. The van der Waals surface area contributed by atoms with E-state index in [1.807, 2.05) is 31.3 Å². The van der Waals surface area contributed by atoms with Gasteiger partial charge < -0.3 is 5.32 Å². The molecule has 0 spiro atoms. The van der Waals surface area contributed by atoms with Crippen LogP contribution in [0.15, 0.2) is 48.5 Å². The third kappa shape index (κ3) is 2.68. The molecule has 1 atom stereocenters. The predicted molar refractivity (Wildman–Crippen MR) is 74.4 cm³/mol. The molecule has 0 amide bonds. The van der Waals surface area contributed by atoms with E-state index < -0.39 is 0 Å². The summed E-state index contributed by atoms with van der Waals surface area (Å²) >= 11 is 6.31. The van der Waals surface area contributed by atoms with Gasteiger partial charge in [0, 0.05) is 11.1 Å². The van der Waals surface area contributed by atoms with Crippen molar-refractivity contribution in [2.45, 2.75) is 13.0 Å². The predicted octanol–water partition coefficient (Wildman–Crippen LogP) is 4.29. The van der Waals surface area contributed by atoms with Gasteiger partial charge in [-0.1, -0.05) is 54.1 Å². The number of nitrogens with one attached hydrogen (secondary N) is 1. The molecule has 0 fully saturated rings. The Morgan fingerprint density at radius 3 is 2.29 bits per heavy atom. The summed E-state index contributed by atoms with van der Waals surface area (Å²) in [4.78, 5) is 0. The summed E-state index contributed by atoms with van der Waals surface area (Å²) in [5.74, 6) is 0. The van der Waals surface area contributed by atoms with E-state index in [1.54, 1.807) is 0 Å². The fourth-order valence-corrected chi connectivity index (χ4v) is 2.19. The molecule has 0 saturated heterocycles. The molecule has 17 heavy (non-hydrogen) atoms. The molecule has 0 saturated carbocycles. The Bertz CT molecular complexity index is 494. The van der Waals surface area contributed by atoms with E-state index >= 15 is 0 Å². The van der Waals surface area contributed by atoms with Crippen LogP contribution in [0.5, 0.6) is 0 Å². The van der Waals surface area contributed by atoms with Crippen molar-refractivity contribution in [1.82, 2.24) is 5.32 Å². The molecule has 2 aromatic rings. The van der Waals surface area contributed by atoms with Crippen LogP contribution in [0.4, 0.5) is 0 Å². The molecule has 0 aliphatic rings. The first-order chi connectivity index (χ1) is 8.22. The molecule has 0 aliphatic carbocycles. The standard InChI is InChI=1S/C15H16ClN/c1-11(17-2)14-9-8-13(10-15(14)16)12-6-4-3-5-7-12/h3-11,17H,1-2H3. The van der Waals surface area contributed by atoms with Crippen LogP contribution in [-0.4, -0.2) is 7.05 Å². The lowest BCUT2D eigenvalue weighted by Crippen LogP contribution is -2.12. The van der Waals surface area contributed by atoms with Crippen LogP contribution in [0.2, 0.25) is 5.02 Å². The van der Waals surface area contributed by atoms with Crippen molar-refractivity contribution < 1.29 is 0 Å². The Hall–Kier alpha value is -1.31. The Labute approximate surface area is 107 Å². The number of rotatable bonds is 3. The molecule has 1 N–H and O–H groups in total. The van der Waals surface area contributed by atoms with E-state index in [9.17, 15) is 0 Å². The molecule has 2 aromatic carbocycles. The molecular formula is C15H16ClN. The van der Waals surface area contributed by atoms with Crippen molar-refractivity contribution in [2.24, 2.45) is 0 Å². The molecule has 2 rings (SSSR count). The zero-order chi connectivity index (χ0) is 12.3. The second kappa shape index (κ2) is 5.35. The third-order valence-electron chi connectivity index (χ3n) is 3.01. The summed E-state index contributed by atoms with van der Waals surface area (Å²) in [6.07, 6.45) is 0. The van der Waals surface area contributed by atoms with E-state index in [2.05, 4.69) is 36.5 Å². The van der Waals surface area contributed by atoms with Crippen LogP contribution in [0, 0.1) is 0 Å². The maximum atomic E-state index is 6.31. The molecule has 0 aromatic heterocycles. The van der Waals surface area contributed by atoms with Crippen molar-refractivity contribution in [2.75, 3.05) is 7.05 Å². The van der Waals surface area contributed by atoms with Gasteiger partial charge >= 0.3 is 0 Å². The topological polar surface area (TPSA) is 12.0 Å². The number of halogens is 1. The van der Waals surface area contributed by atoms with Gasteiger partial charge in [0.2, 0.25) is 0 Å². The first-order valence-electron chi connectivity index (χ1n) is 5.74. The van der Waals surface area contributed by atoms with Gasteiger partial charge in [0.15, 0.2) is 0 Å². The molecule has 88 valence electrons. The quantitative estimate of drug-likeness (QED) is 0.851. The van der Waals surface area contributed by atoms with Crippen molar-refractivity contribution in [3.63, 3.8) is 0 Å². The van der Waals surface area contributed by atoms with Crippen LogP contribution in [0.25, 0.3) is 11.1 Å². The van der Waals surface area contributed by atoms with Crippen molar-refractivity contribution in [3.05, 3.63) is 59.1 Å². The van der Waals surface area contributed by atoms with Crippen molar-refractivity contribution in [1.29, 1.82) is 0 Å². The monoisotopic (exact) mass is 245 g/mol. The molecular weight excluding hydrogens is 230 g/mol. The molecule has 0 aliphatic heterocycles. The van der Waals surface area contributed by atoms with E-state index in [0.717, 1.165) is 16.1 Å². The fraction of sp³-hybridized carbons (Fsp3) is 0.200. The Morgan fingerprint density at radius 1 is 1.00 bits per heavy atom. The average Bonchev–Trinajstić information content (AvgIpc) is 2.39. The zero-order valence-electron chi connectivity index (χ0n) is 10.1. The summed E-state index contributed by atoms with van der Waals surface area (Å²) in [5.41, 5.74) is 3.48. The fourth-order valence-electron chi connectivity index (χ4n) is 1.84. The zero-order valence-corrected chi connectivity index (χ0v) is 10.8. The highest BCUT2D eigenvalue weighted by molar-refractivity contribution is 6.31. The number of hydrogen-bond donors (Lipinski definition) is 1. The molecule has 1 nitrogen and oxygen atoms in total. The average molecular weight is 246 g/mol. The summed E-state index contributed by atoms with van der Waals surface area (Å²) in [6, 6.07) is 16.8. The smallest absolute Gasteiger partial charge is 0.0459 e. The lowest BCUT2D eigenvalue weighted by Gasteiger charge is -2.13. The summed E-state index contributed by atoms with van der Waals surface area (Å²) < 4.78 is 0. The number of benzene rings is 2. The lowest BCUT2D eigenvalue weighted by atomic mass is 10.0. The third-order valence-corrected chi connectivity index (χ3v) is 3.33. The minimum Gasteiger partial charge on any atom is -0.313 e. The first kappa shape index (κ1) is 12.2. The highest BCUT2D eigenvalue weighted by atomic mass is 35.5. The molecule has 0 bridgehead atoms. The van der Waals surface area contributed by atoms with Gasteiger partial charge in [0.05, 0.1) is 0 Å². The van der Waals surface area contributed by atoms with Crippen LogP contribution in [-0.2, 0) is 0 Å². The lowest BCUT2D eigenvalue weighted by molar-refractivity contribution is 0.652. The Balaban J connectivity index is 2.38. The summed E-state index contributed by atoms with van der Waals surface area (Å²) in [7, 11) is 1.94. The van der Waals surface area contributed by atoms with Gasteiger partial charge in [-0.05, 0) is 36.7 Å². The maximum absolute atomic E-state index is 6.31. The van der Waals surface area contributed by atoms with E-state index in [0.29, 0.717) is 0 Å². The molecule has 2 heteroatoms. The SMILES string of the molecule is CNC(C)c1ccc(-c2ccccc2)cc1Cl. The van der Waals surface area contributed by atoms with E-state index in [-0.39, 0.29) is 6.04 Å². The molecule has 0 radical (unpaired) electrons. The van der Waals surface area contributed by atoms with Gasteiger partial charge in [-0.2, -0.15) is 0 Å². The number of hydrogen-bond acceptors (Lipinski definition) is 1. The van der Waals surface area contributed by atoms with Gasteiger partial charge in [-0.3, -0.25) is 0 Å². The normalized spacial score (nSPS) is 12.4. The van der Waals surface area contributed by atoms with Gasteiger partial charge in [-0.15, -0.1) is 0 Å². The minimum atomic E-state index is 0.271. The van der Waals surface area contributed by atoms with Gasteiger partial charge in [0.25, 0.3) is 0 Å². The van der Waals surface area contributed by atoms with E-state index in [1.165, 1.54) is 5.56 Å². The van der Waals surface area contributed by atoms with Crippen LogP contribution >= 0.6 is 11.6 Å².